The fraction of sp³-hybridized carbons (Fsp3) is 0.167. The number of hydrogen-bond donors (Lipinski definition) is 3. The van der Waals surface area contributed by atoms with E-state index in [1.54, 1.807) is 0 Å². The summed E-state index contributed by atoms with van der Waals surface area (Å²) < 4.78 is 13.0. The summed E-state index contributed by atoms with van der Waals surface area (Å²) in [5.74, 6) is -1.94. The first-order chi connectivity index (χ1) is 9.86. The van der Waals surface area contributed by atoms with E-state index >= 15 is 0 Å². The highest BCUT2D eigenvalue weighted by molar-refractivity contribution is 8.16. The quantitative estimate of drug-likeness (QED) is 0.580. The van der Waals surface area contributed by atoms with Gasteiger partial charge in [-0.15, -0.1) is 0 Å². The van der Waals surface area contributed by atoms with E-state index in [4.69, 9.17) is 22.7 Å². The van der Waals surface area contributed by atoms with Crippen molar-refractivity contribution in [2.75, 3.05) is 5.32 Å². The number of amidine groups is 1. The number of carbonyl (C=O) groups excluding carboxylic acids is 2. The Morgan fingerprint density at radius 3 is 2.90 bits per heavy atom. The number of aliphatic imine (C=N–C) groups is 1. The van der Waals surface area contributed by atoms with Gasteiger partial charge in [0.05, 0.1) is 16.7 Å². The Kier molecular flexibility index (Phi) is 4.59. The largest absolute Gasteiger partial charge is 0.382 e. The summed E-state index contributed by atoms with van der Waals surface area (Å²) in [5.41, 5.74) is 5.58. The number of amides is 2. The third-order valence-corrected chi connectivity index (χ3v) is 4.04. The number of nitrogens with one attached hydrogen (secondary N) is 2. The van der Waals surface area contributed by atoms with Crippen LogP contribution in [0.2, 0.25) is 5.02 Å². The molecule has 1 aromatic rings. The van der Waals surface area contributed by atoms with Gasteiger partial charge >= 0.3 is 0 Å². The Morgan fingerprint density at radius 1 is 1.57 bits per heavy atom. The molecule has 6 nitrogen and oxygen atoms in total. The summed E-state index contributed by atoms with van der Waals surface area (Å²) in [6.07, 6.45) is -0.0950. The number of nitrogens with zero attached hydrogens (tertiary/aromatic N) is 1. The second-order valence-electron chi connectivity index (χ2n) is 4.15. The molecule has 0 unspecified atom stereocenters. The lowest BCUT2D eigenvalue weighted by Gasteiger charge is -2.19. The SMILES string of the molecule is N=C(N)C1=NC(=O)C[C@@H](C(=O)Nc2ccc(F)c(Cl)c2)S1. The number of hydrogen-bond acceptors (Lipinski definition) is 4. The first kappa shape index (κ1) is 15.5. The van der Waals surface area contributed by atoms with Crippen molar-refractivity contribution in [1.82, 2.24) is 0 Å². The molecule has 0 aliphatic carbocycles. The highest BCUT2D eigenvalue weighted by Gasteiger charge is 2.30. The molecule has 1 heterocycles. The fourth-order valence-corrected chi connectivity index (χ4v) is 2.71. The van der Waals surface area contributed by atoms with Crippen molar-refractivity contribution in [3.63, 3.8) is 0 Å². The minimum Gasteiger partial charge on any atom is -0.382 e. The minimum atomic E-state index is -0.752. The maximum Gasteiger partial charge on any atom is 0.248 e. The van der Waals surface area contributed by atoms with E-state index in [-0.39, 0.29) is 22.3 Å². The van der Waals surface area contributed by atoms with Crippen LogP contribution in [0.1, 0.15) is 6.42 Å². The van der Waals surface area contributed by atoms with Gasteiger partial charge < -0.3 is 11.1 Å². The van der Waals surface area contributed by atoms with E-state index in [0.717, 1.165) is 17.8 Å². The van der Waals surface area contributed by atoms with Crippen LogP contribution >= 0.6 is 23.4 Å². The predicted molar refractivity (Wildman–Crippen MR) is 80.4 cm³/mol. The standard InChI is InChI=1S/C12H10ClFN4O2S/c13-6-3-5(1-2-7(6)14)17-11(20)8-4-9(19)18-12(21-8)10(15)16/h1-3,8H,4H2,(H3,15,16)(H,17,20)/t8-/m0/s1. The number of nitrogens with two attached hydrogens (primary N) is 1. The Bertz CT molecular complexity index is 665. The zero-order valence-corrected chi connectivity index (χ0v) is 12.1. The lowest BCUT2D eigenvalue weighted by Crippen LogP contribution is -2.34. The van der Waals surface area contributed by atoms with Gasteiger partial charge in [-0.25, -0.2) is 9.38 Å². The number of halogens is 2. The number of anilines is 1. The van der Waals surface area contributed by atoms with Crippen molar-refractivity contribution < 1.29 is 14.0 Å². The first-order valence-corrected chi connectivity index (χ1v) is 7.01. The summed E-state index contributed by atoms with van der Waals surface area (Å²) in [6.45, 7) is 0. The number of benzene rings is 1. The minimum absolute atomic E-state index is 0.0172. The number of carbonyl (C=O) groups is 2. The van der Waals surface area contributed by atoms with Crippen molar-refractivity contribution in [2.24, 2.45) is 10.7 Å². The van der Waals surface area contributed by atoms with Gasteiger partial charge in [-0.05, 0) is 18.2 Å². The van der Waals surface area contributed by atoms with Gasteiger partial charge in [0, 0.05) is 5.69 Å². The molecule has 21 heavy (non-hydrogen) atoms. The zero-order chi connectivity index (χ0) is 15.6. The lowest BCUT2D eigenvalue weighted by atomic mass is 10.2. The van der Waals surface area contributed by atoms with Gasteiger partial charge in [-0.2, -0.15) is 0 Å². The van der Waals surface area contributed by atoms with Crippen molar-refractivity contribution in [3.8, 4) is 0 Å². The van der Waals surface area contributed by atoms with Gasteiger partial charge in [0.2, 0.25) is 11.8 Å². The fourth-order valence-electron chi connectivity index (χ4n) is 1.59. The first-order valence-electron chi connectivity index (χ1n) is 5.75. The highest BCUT2D eigenvalue weighted by atomic mass is 35.5. The third kappa shape index (κ3) is 3.79. The van der Waals surface area contributed by atoms with Crippen LogP contribution in [0.25, 0.3) is 0 Å². The molecule has 0 fully saturated rings. The van der Waals surface area contributed by atoms with Gasteiger partial charge in [0.25, 0.3) is 0 Å². The van der Waals surface area contributed by atoms with Crippen LogP contribution < -0.4 is 11.1 Å². The van der Waals surface area contributed by atoms with Gasteiger partial charge in [0.15, 0.2) is 0 Å². The molecular formula is C12H10ClFN4O2S. The van der Waals surface area contributed by atoms with Crippen LogP contribution in [0, 0.1) is 11.2 Å². The van der Waals surface area contributed by atoms with Gasteiger partial charge in [-0.3, -0.25) is 15.0 Å². The van der Waals surface area contributed by atoms with Crippen LogP contribution in [0.15, 0.2) is 23.2 Å². The predicted octanol–water partition coefficient (Wildman–Crippen LogP) is 1.78. The van der Waals surface area contributed by atoms with E-state index in [2.05, 4.69) is 10.3 Å². The van der Waals surface area contributed by atoms with Crippen molar-refractivity contribution in [3.05, 3.63) is 29.0 Å². The molecule has 110 valence electrons. The third-order valence-electron chi connectivity index (χ3n) is 2.55. The average molecular weight is 329 g/mol. The summed E-state index contributed by atoms with van der Waals surface area (Å²) in [4.78, 5) is 27.1. The van der Waals surface area contributed by atoms with Gasteiger partial charge in [0.1, 0.15) is 16.7 Å². The molecule has 0 radical (unpaired) electrons. The monoisotopic (exact) mass is 328 g/mol. The molecule has 0 spiro atoms. The second-order valence-corrected chi connectivity index (χ2v) is 5.75. The second kappa shape index (κ2) is 6.23. The Labute approximate surface area is 128 Å². The van der Waals surface area contributed by atoms with Crippen LogP contribution in [0.4, 0.5) is 10.1 Å². The topological polar surface area (TPSA) is 108 Å². The van der Waals surface area contributed by atoms with Crippen LogP contribution in [0.5, 0.6) is 0 Å². The van der Waals surface area contributed by atoms with E-state index in [1.807, 2.05) is 0 Å². The zero-order valence-electron chi connectivity index (χ0n) is 10.5. The maximum absolute atomic E-state index is 13.0. The molecule has 1 aliphatic rings. The van der Waals surface area contributed by atoms with Crippen LogP contribution in [-0.2, 0) is 9.59 Å². The van der Waals surface area contributed by atoms with E-state index < -0.39 is 22.9 Å². The highest BCUT2D eigenvalue weighted by Crippen LogP contribution is 2.25. The smallest absolute Gasteiger partial charge is 0.248 e. The molecule has 2 amide bonds. The molecule has 1 atom stereocenters. The molecule has 4 N–H and O–H groups in total. The maximum atomic E-state index is 13.0. The van der Waals surface area contributed by atoms with Crippen molar-refractivity contribution in [2.45, 2.75) is 11.7 Å². The number of rotatable bonds is 3. The Balaban J connectivity index is 2.10. The van der Waals surface area contributed by atoms with Crippen molar-refractivity contribution in [1.29, 1.82) is 5.41 Å². The molecular weight excluding hydrogens is 319 g/mol. The summed E-state index contributed by atoms with van der Waals surface area (Å²) in [6, 6.07) is 3.75. The molecule has 1 aromatic carbocycles. The average Bonchev–Trinajstić information content (AvgIpc) is 2.42. The van der Waals surface area contributed by atoms with Crippen molar-refractivity contribution >= 4 is 51.7 Å². The Hall–Kier alpha value is -1.93. The van der Waals surface area contributed by atoms with E-state index in [1.165, 1.54) is 12.1 Å². The van der Waals surface area contributed by atoms with Gasteiger partial charge in [-0.1, -0.05) is 23.4 Å². The summed E-state index contributed by atoms with van der Waals surface area (Å²) in [7, 11) is 0. The number of thioether (sulfide) groups is 1. The molecule has 0 bridgehead atoms. The normalized spacial score (nSPS) is 18.1. The summed E-state index contributed by atoms with van der Waals surface area (Å²) in [5, 5.41) is 8.94. The lowest BCUT2D eigenvalue weighted by molar-refractivity contribution is -0.121. The molecule has 2 rings (SSSR count). The Morgan fingerprint density at radius 2 is 2.29 bits per heavy atom. The molecule has 0 aromatic heterocycles. The van der Waals surface area contributed by atoms with E-state index in [0.29, 0.717) is 5.69 Å². The summed E-state index contributed by atoms with van der Waals surface area (Å²) >= 11 is 6.56. The van der Waals surface area contributed by atoms with E-state index in [9.17, 15) is 14.0 Å². The molecule has 9 heteroatoms. The van der Waals surface area contributed by atoms with Crippen LogP contribution in [-0.4, -0.2) is 27.9 Å². The van der Waals surface area contributed by atoms with Crippen LogP contribution in [0.3, 0.4) is 0 Å². The molecule has 0 saturated carbocycles. The molecule has 0 saturated heterocycles. The molecule has 1 aliphatic heterocycles.